The third kappa shape index (κ3) is 5.33. The van der Waals surface area contributed by atoms with Gasteiger partial charge in [-0.05, 0) is 38.0 Å². The molecule has 1 unspecified atom stereocenters. The largest absolute Gasteiger partial charge is 0.481 e. The van der Waals surface area contributed by atoms with Crippen LogP contribution in [-0.2, 0) is 9.59 Å². The summed E-state index contributed by atoms with van der Waals surface area (Å²) in [5.41, 5.74) is 0. The second-order valence-electron chi connectivity index (χ2n) is 6.77. The van der Waals surface area contributed by atoms with E-state index in [9.17, 15) is 9.59 Å². The number of carboxylic acid groups (broad SMARTS) is 1. The van der Waals surface area contributed by atoms with Gasteiger partial charge < -0.3 is 10.0 Å². The summed E-state index contributed by atoms with van der Waals surface area (Å²) < 4.78 is 0. The fourth-order valence-corrected chi connectivity index (χ4v) is 3.79. The van der Waals surface area contributed by atoms with E-state index in [1.807, 2.05) is 4.90 Å². The number of carbonyl (C=O) groups is 2. The molecule has 0 aromatic heterocycles. The molecule has 0 aromatic carbocycles. The molecule has 4 nitrogen and oxygen atoms in total. The maximum absolute atomic E-state index is 12.7. The molecule has 120 valence electrons. The van der Waals surface area contributed by atoms with Crippen molar-refractivity contribution in [2.75, 3.05) is 13.1 Å². The zero-order valence-corrected chi connectivity index (χ0v) is 13.1. The molecule has 1 saturated carbocycles. The van der Waals surface area contributed by atoms with Gasteiger partial charge in [0.25, 0.3) is 0 Å². The van der Waals surface area contributed by atoms with Crippen LogP contribution in [0.3, 0.4) is 0 Å². The Morgan fingerprint density at radius 3 is 2.29 bits per heavy atom. The van der Waals surface area contributed by atoms with E-state index in [0.717, 1.165) is 38.8 Å². The highest BCUT2D eigenvalue weighted by molar-refractivity contribution is 5.79. The van der Waals surface area contributed by atoms with Crippen molar-refractivity contribution in [2.24, 2.45) is 11.8 Å². The Kier molecular flexibility index (Phi) is 6.52. The third-order valence-electron chi connectivity index (χ3n) is 5.05. The van der Waals surface area contributed by atoms with Crippen LogP contribution in [0.25, 0.3) is 0 Å². The van der Waals surface area contributed by atoms with Crippen LogP contribution in [0.5, 0.6) is 0 Å². The van der Waals surface area contributed by atoms with Gasteiger partial charge in [0.15, 0.2) is 0 Å². The van der Waals surface area contributed by atoms with Crippen molar-refractivity contribution in [3.05, 3.63) is 0 Å². The molecule has 1 aliphatic heterocycles. The molecule has 1 amide bonds. The maximum Gasteiger partial charge on any atom is 0.303 e. The Hall–Kier alpha value is -1.06. The van der Waals surface area contributed by atoms with Crippen LogP contribution in [0.2, 0.25) is 0 Å². The summed E-state index contributed by atoms with van der Waals surface area (Å²) in [6.07, 6.45) is 11.4. The second kappa shape index (κ2) is 8.40. The molecule has 2 fully saturated rings. The fourth-order valence-electron chi connectivity index (χ4n) is 3.79. The van der Waals surface area contributed by atoms with E-state index in [2.05, 4.69) is 0 Å². The highest BCUT2D eigenvalue weighted by Gasteiger charge is 2.29. The van der Waals surface area contributed by atoms with Crippen LogP contribution in [-0.4, -0.2) is 35.0 Å². The van der Waals surface area contributed by atoms with E-state index in [1.165, 1.54) is 32.1 Å². The summed E-state index contributed by atoms with van der Waals surface area (Å²) in [7, 11) is 0. The number of likely N-dealkylation sites (tertiary alicyclic amines) is 1. The Bertz CT molecular complexity index is 348. The number of hydrogen-bond acceptors (Lipinski definition) is 2. The second-order valence-corrected chi connectivity index (χ2v) is 6.77. The van der Waals surface area contributed by atoms with Crippen molar-refractivity contribution < 1.29 is 14.7 Å². The van der Waals surface area contributed by atoms with Gasteiger partial charge in [-0.15, -0.1) is 0 Å². The van der Waals surface area contributed by atoms with Gasteiger partial charge in [0, 0.05) is 25.4 Å². The molecule has 21 heavy (non-hydrogen) atoms. The van der Waals surface area contributed by atoms with E-state index in [0.29, 0.717) is 18.2 Å². The average Bonchev–Trinajstić information content (AvgIpc) is 2.44. The van der Waals surface area contributed by atoms with Crippen LogP contribution in [0.4, 0.5) is 0 Å². The van der Waals surface area contributed by atoms with Crippen LogP contribution in [0.1, 0.15) is 70.6 Å². The molecule has 2 aliphatic rings. The molecule has 4 heteroatoms. The molecular formula is C17H29NO3. The summed E-state index contributed by atoms with van der Waals surface area (Å²) >= 11 is 0. The van der Waals surface area contributed by atoms with E-state index in [4.69, 9.17) is 5.11 Å². The van der Waals surface area contributed by atoms with Gasteiger partial charge in [-0.1, -0.05) is 32.1 Å². The molecule has 1 N–H and O–H groups in total. The molecule has 0 spiro atoms. The quantitative estimate of drug-likeness (QED) is 0.864. The molecular weight excluding hydrogens is 266 g/mol. The zero-order chi connectivity index (χ0) is 15.1. The molecule has 1 atom stereocenters. The summed E-state index contributed by atoms with van der Waals surface area (Å²) in [5.74, 6) is 0.228. The molecule has 0 bridgehead atoms. The number of aliphatic carboxylic acids is 1. The van der Waals surface area contributed by atoms with Gasteiger partial charge in [-0.3, -0.25) is 9.59 Å². The van der Waals surface area contributed by atoms with Gasteiger partial charge in [0.1, 0.15) is 0 Å². The lowest BCUT2D eigenvalue weighted by molar-refractivity contribution is -0.138. The monoisotopic (exact) mass is 295 g/mol. The van der Waals surface area contributed by atoms with Gasteiger partial charge in [0.2, 0.25) is 5.91 Å². The first kappa shape index (κ1) is 16.3. The van der Waals surface area contributed by atoms with Crippen molar-refractivity contribution >= 4 is 11.9 Å². The summed E-state index contributed by atoms with van der Waals surface area (Å²) in [4.78, 5) is 25.4. The molecule has 2 rings (SSSR count). The van der Waals surface area contributed by atoms with Gasteiger partial charge in [-0.25, -0.2) is 0 Å². The Morgan fingerprint density at radius 2 is 1.62 bits per heavy atom. The van der Waals surface area contributed by atoms with Crippen LogP contribution in [0.15, 0.2) is 0 Å². The minimum absolute atomic E-state index is 0.225. The Morgan fingerprint density at radius 1 is 0.952 bits per heavy atom. The molecule has 1 heterocycles. The van der Waals surface area contributed by atoms with Crippen LogP contribution in [0, 0.1) is 11.8 Å². The topological polar surface area (TPSA) is 57.6 Å². The van der Waals surface area contributed by atoms with E-state index < -0.39 is 5.97 Å². The molecule has 0 radical (unpaired) electrons. The average molecular weight is 295 g/mol. The smallest absolute Gasteiger partial charge is 0.303 e. The Balaban J connectivity index is 1.83. The lowest BCUT2D eigenvalue weighted by Gasteiger charge is -2.35. The minimum atomic E-state index is -0.724. The number of rotatable bonds is 4. The lowest BCUT2D eigenvalue weighted by Crippen LogP contribution is -2.43. The predicted octanol–water partition coefficient (Wildman–Crippen LogP) is 3.45. The number of piperidine rings is 1. The fraction of sp³-hybridized carbons (Fsp3) is 0.882. The molecule has 1 aliphatic carbocycles. The summed E-state index contributed by atoms with van der Waals surface area (Å²) in [6, 6.07) is 0. The minimum Gasteiger partial charge on any atom is -0.481 e. The van der Waals surface area contributed by atoms with Crippen molar-refractivity contribution in [1.29, 1.82) is 0 Å². The zero-order valence-electron chi connectivity index (χ0n) is 13.1. The SMILES string of the molecule is O=C(O)CCC1CCCN(C(=O)C2CCCCCCC2)C1. The van der Waals surface area contributed by atoms with E-state index >= 15 is 0 Å². The molecule has 1 saturated heterocycles. The first-order chi connectivity index (χ1) is 10.2. The number of nitrogens with zero attached hydrogens (tertiary/aromatic N) is 1. The first-order valence-electron chi connectivity index (χ1n) is 8.67. The van der Waals surface area contributed by atoms with Gasteiger partial charge in [-0.2, -0.15) is 0 Å². The van der Waals surface area contributed by atoms with E-state index in [-0.39, 0.29) is 12.3 Å². The standard InChI is InChI=1S/C17H29NO3/c19-16(20)11-10-14-7-6-12-18(13-14)17(21)15-8-4-2-1-3-5-9-15/h14-15H,1-13H2,(H,19,20). The maximum atomic E-state index is 12.7. The normalized spacial score (nSPS) is 25.1. The first-order valence-corrected chi connectivity index (χ1v) is 8.67. The molecule has 0 aromatic rings. The third-order valence-corrected chi connectivity index (χ3v) is 5.05. The van der Waals surface area contributed by atoms with Crippen molar-refractivity contribution in [3.63, 3.8) is 0 Å². The summed E-state index contributed by atoms with van der Waals surface area (Å²) in [6.45, 7) is 1.65. The Labute approximate surface area is 127 Å². The van der Waals surface area contributed by atoms with Gasteiger partial charge in [0.05, 0.1) is 0 Å². The predicted molar refractivity (Wildman–Crippen MR) is 82.0 cm³/mol. The number of amides is 1. The van der Waals surface area contributed by atoms with Crippen molar-refractivity contribution in [1.82, 2.24) is 4.90 Å². The van der Waals surface area contributed by atoms with E-state index in [1.54, 1.807) is 0 Å². The number of hydrogen-bond donors (Lipinski definition) is 1. The van der Waals surface area contributed by atoms with Crippen LogP contribution < -0.4 is 0 Å². The highest BCUT2D eigenvalue weighted by atomic mass is 16.4. The van der Waals surface area contributed by atoms with Crippen molar-refractivity contribution in [3.8, 4) is 0 Å². The number of carbonyl (C=O) groups excluding carboxylic acids is 1. The van der Waals surface area contributed by atoms with Gasteiger partial charge >= 0.3 is 5.97 Å². The van der Waals surface area contributed by atoms with Crippen LogP contribution >= 0.6 is 0 Å². The summed E-state index contributed by atoms with van der Waals surface area (Å²) in [5, 5.41) is 8.80. The van der Waals surface area contributed by atoms with Crippen molar-refractivity contribution in [2.45, 2.75) is 70.6 Å². The highest BCUT2D eigenvalue weighted by Crippen LogP contribution is 2.27. The lowest BCUT2D eigenvalue weighted by atomic mass is 9.88. The number of carboxylic acids is 1.